The second-order valence-electron chi connectivity index (χ2n) is 5.20. The number of nitrogens with one attached hydrogen (secondary N) is 1. The highest BCUT2D eigenvalue weighted by Crippen LogP contribution is 2.31. The highest BCUT2D eigenvalue weighted by Gasteiger charge is 2.32. The predicted molar refractivity (Wildman–Crippen MR) is 82.8 cm³/mol. The summed E-state index contributed by atoms with van der Waals surface area (Å²) in [5, 5.41) is 3.66. The minimum Gasteiger partial charge on any atom is -0.266 e. The van der Waals surface area contributed by atoms with Crippen LogP contribution >= 0.6 is 11.3 Å². The van der Waals surface area contributed by atoms with E-state index in [4.69, 9.17) is 0 Å². The molecule has 0 fully saturated rings. The number of hydrogen-bond donors (Lipinski definition) is 1. The quantitative estimate of drug-likeness (QED) is 0.666. The van der Waals surface area contributed by atoms with Gasteiger partial charge in [-0.3, -0.25) is 4.79 Å². The van der Waals surface area contributed by atoms with Crippen molar-refractivity contribution in [1.29, 1.82) is 0 Å². The molecule has 1 aromatic carbocycles. The van der Waals surface area contributed by atoms with Crippen molar-refractivity contribution in [2.75, 3.05) is 0 Å². The van der Waals surface area contributed by atoms with Gasteiger partial charge in [-0.15, -0.1) is 11.3 Å². The Morgan fingerprint density at radius 2 is 2.04 bits per heavy atom. The van der Waals surface area contributed by atoms with E-state index in [9.17, 15) is 18.0 Å². The third-order valence-corrected chi connectivity index (χ3v) is 4.84. The summed E-state index contributed by atoms with van der Waals surface area (Å²) in [6.07, 6.45) is -0.379. The maximum atomic E-state index is 12.8. The Morgan fingerprint density at radius 3 is 2.78 bits per heavy atom. The molecule has 120 valence electrons. The molecule has 1 amide bonds. The second-order valence-corrected chi connectivity index (χ2v) is 6.33. The SMILES string of the molecule is O=C(N/N=C\c1ccccc1C(F)(F)F)c1cc2c(s1)CCC2. The maximum absolute atomic E-state index is 12.8. The third-order valence-electron chi connectivity index (χ3n) is 3.61. The number of carbonyl (C=O) groups is 1. The van der Waals surface area contributed by atoms with Gasteiger partial charge < -0.3 is 0 Å². The van der Waals surface area contributed by atoms with Crippen molar-refractivity contribution in [3.8, 4) is 0 Å². The maximum Gasteiger partial charge on any atom is 0.417 e. The molecule has 1 aliphatic rings. The van der Waals surface area contributed by atoms with Gasteiger partial charge in [0, 0.05) is 10.4 Å². The van der Waals surface area contributed by atoms with Gasteiger partial charge in [0.15, 0.2) is 0 Å². The van der Waals surface area contributed by atoms with Crippen LogP contribution in [0.1, 0.15) is 37.7 Å². The lowest BCUT2D eigenvalue weighted by molar-refractivity contribution is -0.137. The van der Waals surface area contributed by atoms with Crippen molar-refractivity contribution in [1.82, 2.24) is 5.43 Å². The van der Waals surface area contributed by atoms with Gasteiger partial charge in [-0.1, -0.05) is 18.2 Å². The van der Waals surface area contributed by atoms with Crippen molar-refractivity contribution >= 4 is 23.5 Å². The lowest BCUT2D eigenvalue weighted by Crippen LogP contribution is -2.17. The minimum absolute atomic E-state index is 0.0889. The number of amides is 1. The molecule has 1 heterocycles. The first-order chi connectivity index (χ1) is 10.9. The van der Waals surface area contributed by atoms with Gasteiger partial charge in [0.05, 0.1) is 16.7 Å². The Labute approximate surface area is 134 Å². The number of nitrogens with zero attached hydrogens (tertiary/aromatic N) is 1. The highest BCUT2D eigenvalue weighted by molar-refractivity contribution is 7.14. The zero-order chi connectivity index (χ0) is 16.4. The molecule has 0 radical (unpaired) electrons. The standard InChI is InChI=1S/C16H13F3N2OS/c17-16(18,19)12-6-2-1-4-11(12)9-20-21-15(22)14-8-10-5-3-7-13(10)23-14/h1-2,4,6,8-9H,3,5,7H2,(H,21,22)/b20-9-. The summed E-state index contributed by atoms with van der Waals surface area (Å²) in [6.45, 7) is 0. The number of thiophene rings is 1. The van der Waals surface area contributed by atoms with Gasteiger partial charge in [0.25, 0.3) is 5.91 Å². The van der Waals surface area contributed by atoms with Crippen molar-refractivity contribution in [3.05, 3.63) is 56.8 Å². The fourth-order valence-electron chi connectivity index (χ4n) is 2.52. The molecule has 7 heteroatoms. The molecule has 2 aromatic rings. The lowest BCUT2D eigenvalue weighted by atomic mass is 10.1. The third kappa shape index (κ3) is 3.44. The van der Waals surface area contributed by atoms with Crippen molar-refractivity contribution in [3.63, 3.8) is 0 Å². The smallest absolute Gasteiger partial charge is 0.266 e. The average molecular weight is 338 g/mol. The summed E-state index contributed by atoms with van der Waals surface area (Å²) in [5.74, 6) is -0.398. The van der Waals surface area contributed by atoms with Crippen LogP contribution in [0.4, 0.5) is 13.2 Å². The molecule has 23 heavy (non-hydrogen) atoms. The largest absolute Gasteiger partial charge is 0.417 e. The number of fused-ring (bicyclic) bond motifs is 1. The molecule has 0 atom stereocenters. The van der Waals surface area contributed by atoms with E-state index >= 15 is 0 Å². The van der Waals surface area contributed by atoms with Crippen LogP contribution in [-0.4, -0.2) is 12.1 Å². The van der Waals surface area contributed by atoms with E-state index in [-0.39, 0.29) is 5.56 Å². The first-order valence-electron chi connectivity index (χ1n) is 7.06. The topological polar surface area (TPSA) is 41.5 Å². The Bertz CT molecular complexity index is 743. The predicted octanol–water partition coefficient (Wildman–Crippen LogP) is 4.02. The van der Waals surface area contributed by atoms with Crippen LogP contribution in [0.3, 0.4) is 0 Å². The van der Waals surface area contributed by atoms with Crippen LogP contribution in [0.25, 0.3) is 0 Å². The normalized spacial score (nSPS) is 14.2. The average Bonchev–Trinajstić information content (AvgIpc) is 3.07. The number of aryl methyl sites for hydroxylation is 2. The van der Waals surface area contributed by atoms with E-state index in [0.29, 0.717) is 4.88 Å². The molecule has 0 saturated heterocycles. The summed E-state index contributed by atoms with van der Waals surface area (Å²) in [5.41, 5.74) is 2.60. The number of halogens is 3. The highest BCUT2D eigenvalue weighted by atomic mass is 32.1. The Balaban J connectivity index is 1.70. The molecule has 0 unspecified atom stereocenters. The summed E-state index contributed by atoms with van der Waals surface area (Å²) in [6, 6.07) is 6.92. The van der Waals surface area contributed by atoms with Gasteiger partial charge in [-0.05, 0) is 37.0 Å². The molecular formula is C16H13F3N2OS. The molecule has 1 aromatic heterocycles. The number of hydrogen-bond acceptors (Lipinski definition) is 3. The zero-order valence-corrected chi connectivity index (χ0v) is 12.8. The molecule has 3 nitrogen and oxygen atoms in total. The Kier molecular flexibility index (Phi) is 4.21. The summed E-state index contributed by atoms with van der Waals surface area (Å²) in [4.78, 5) is 13.7. The fraction of sp³-hybridized carbons (Fsp3) is 0.250. The molecule has 1 aliphatic carbocycles. The van der Waals surface area contributed by atoms with Gasteiger partial charge in [0.1, 0.15) is 0 Å². The summed E-state index contributed by atoms with van der Waals surface area (Å²) < 4.78 is 38.5. The van der Waals surface area contributed by atoms with Crippen LogP contribution in [-0.2, 0) is 19.0 Å². The van der Waals surface area contributed by atoms with E-state index < -0.39 is 17.6 Å². The minimum atomic E-state index is -4.46. The van der Waals surface area contributed by atoms with E-state index in [0.717, 1.165) is 31.5 Å². The van der Waals surface area contributed by atoms with Gasteiger partial charge in [-0.2, -0.15) is 18.3 Å². The number of benzene rings is 1. The molecule has 0 aliphatic heterocycles. The zero-order valence-electron chi connectivity index (χ0n) is 12.0. The van der Waals surface area contributed by atoms with Crippen LogP contribution in [0.15, 0.2) is 35.4 Å². The molecule has 0 bridgehead atoms. The van der Waals surface area contributed by atoms with E-state index in [1.165, 1.54) is 40.0 Å². The van der Waals surface area contributed by atoms with Crippen LogP contribution in [0.5, 0.6) is 0 Å². The molecule has 0 spiro atoms. The van der Waals surface area contributed by atoms with Crippen LogP contribution in [0, 0.1) is 0 Å². The monoisotopic (exact) mass is 338 g/mol. The summed E-state index contributed by atoms with van der Waals surface area (Å²) in [7, 11) is 0. The van der Waals surface area contributed by atoms with Gasteiger partial charge >= 0.3 is 6.18 Å². The summed E-state index contributed by atoms with van der Waals surface area (Å²) >= 11 is 1.42. The molecular weight excluding hydrogens is 325 g/mol. The number of carbonyl (C=O) groups excluding carboxylic acids is 1. The lowest BCUT2D eigenvalue weighted by Gasteiger charge is -2.09. The van der Waals surface area contributed by atoms with E-state index in [1.54, 1.807) is 0 Å². The molecule has 3 rings (SSSR count). The van der Waals surface area contributed by atoms with Crippen molar-refractivity contribution in [2.45, 2.75) is 25.4 Å². The van der Waals surface area contributed by atoms with E-state index in [2.05, 4.69) is 10.5 Å². The van der Waals surface area contributed by atoms with Crippen LogP contribution in [0.2, 0.25) is 0 Å². The Morgan fingerprint density at radius 1 is 1.26 bits per heavy atom. The van der Waals surface area contributed by atoms with Gasteiger partial charge in [-0.25, -0.2) is 5.43 Å². The van der Waals surface area contributed by atoms with Crippen molar-refractivity contribution in [2.24, 2.45) is 5.10 Å². The number of hydrazone groups is 1. The van der Waals surface area contributed by atoms with Crippen molar-refractivity contribution < 1.29 is 18.0 Å². The number of rotatable bonds is 3. The van der Waals surface area contributed by atoms with Gasteiger partial charge in [0.2, 0.25) is 0 Å². The Hall–Kier alpha value is -2.15. The fourth-order valence-corrected chi connectivity index (χ4v) is 3.67. The number of alkyl halides is 3. The van der Waals surface area contributed by atoms with E-state index in [1.807, 2.05) is 6.07 Å². The second kappa shape index (κ2) is 6.16. The first kappa shape index (κ1) is 15.7. The first-order valence-corrected chi connectivity index (χ1v) is 7.88. The molecule has 1 N–H and O–H groups in total. The van der Waals surface area contributed by atoms with Crippen LogP contribution < -0.4 is 5.43 Å². The molecule has 0 saturated carbocycles.